The molecule has 0 aromatic rings. The van der Waals surface area contributed by atoms with E-state index in [1.54, 1.807) is 7.05 Å². The molecule has 0 aliphatic carbocycles. The zero-order valence-electron chi connectivity index (χ0n) is 4.47. The van der Waals surface area contributed by atoms with Gasteiger partial charge in [-0.15, -0.1) is 0 Å². The van der Waals surface area contributed by atoms with Crippen LogP contribution < -0.4 is 10.5 Å². The quantitative estimate of drug-likeness (QED) is 0.282. The molecule has 0 atom stereocenters. The molecular weight excluding hydrogens is 123 g/mol. The third kappa shape index (κ3) is 3.61. The van der Waals surface area contributed by atoms with Gasteiger partial charge in [0.25, 0.3) is 0 Å². The first-order chi connectivity index (χ1) is 3.81. The molecule has 0 saturated heterocycles. The highest BCUT2D eigenvalue weighted by Gasteiger charge is 1.87. The Balaban J connectivity index is 3.11. The van der Waals surface area contributed by atoms with Crippen molar-refractivity contribution in [1.29, 1.82) is 0 Å². The maximum atomic E-state index is 9.62. The lowest BCUT2D eigenvalue weighted by Gasteiger charge is -1.99. The first-order valence-corrected chi connectivity index (χ1v) is 2.47. The van der Waals surface area contributed by atoms with Gasteiger partial charge < -0.3 is 15.3 Å². The Hall–Kier alpha value is -0.575. The number of nitrogens with one attached hydrogen (secondary N) is 2. The third-order valence-corrected chi connectivity index (χ3v) is 0.832. The lowest BCUT2D eigenvalue weighted by molar-refractivity contribution is 0.568. The predicted octanol–water partition coefficient (Wildman–Crippen LogP) is -1.11. The van der Waals surface area contributed by atoms with Crippen LogP contribution in [0.1, 0.15) is 0 Å². The molecule has 1 radical (unpaired) electrons. The van der Waals surface area contributed by atoms with Crippen molar-refractivity contribution in [1.82, 2.24) is 10.5 Å². The first-order valence-electron chi connectivity index (χ1n) is 2.06. The van der Waals surface area contributed by atoms with E-state index in [9.17, 15) is 4.79 Å². The van der Waals surface area contributed by atoms with E-state index in [-0.39, 0.29) is 0 Å². The van der Waals surface area contributed by atoms with Crippen LogP contribution in [0.5, 0.6) is 0 Å². The number of thiocarbonyl (C=S) groups is 1. The van der Waals surface area contributed by atoms with Gasteiger partial charge in [-0.05, 0) is 12.2 Å². The number of carbonyl (C=O) groups is 1. The second-order valence-electron chi connectivity index (χ2n) is 1.03. The van der Waals surface area contributed by atoms with Crippen LogP contribution in [0.4, 0.5) is 0 Å². The smallest absolute Gasteiger partial charge is 0.328 e. The Bertz CT molecular complexity index is 97.3. The molecule has 3 nitrogen and oxygen atoms in total. The summed E-state index contributed by atoms with van der Waals surface area (Å²) < 4.78 is 0. The molecular formula is C3H6BN2OS. The molecule has 8 heavy (non-hydrogen) atoms. The predicted molar refractivity (Wildman–Crippen MR) is 37.3 cm³/mol. The summed E-state index contributed by atoms with van der Waals surface area (Å²) in [6.07, 6.45) is 0.629. The Morgan fingerprint density at radius 2 is 2.50 bits per heavy atom. The standard InChI is InChI=1S/C3H6BN2OS/c1-5-3(8)6-4-2-7/h2H,1H3,(H2,5,6,8). The first kappa shape index (κ1) is 7.42. The molecule has 0 rings (SSSR count). The molecule has 0 aromatic heterocycles. The van der Waals surface area contributed by atoms with E-state index in [2.05, 4.69) is 22.8 Å². The fraction of sp³-hybridized carbons (Fsp3) is 0.333. The maximum absolute atomic E-state index is 9.62. The highest BCUT2D eigenvalue weighted by atomic mass is 32.1. The van der Waals surface area contributed by atoms with Crippen molar-refractivity contribution in [3.05, 3.63) is 0 Å². The SMILES string of the molecule is CNC(=S)N[B]C=O. The summed E-state index contributed by atoms with van der Waals surface area (Å²) in [6, 6.07) is 0. The van der Waals surface area contributed by atoms with Crippen LogP contribution in [0, 0.1) is 0 Å². The number of rotatable bonds is 2. The topological polar surface area (TPSA) is 41.1 Å². The van der Waals surface area contributed by atoms with Crippen LogP contribution >= 0.6 is 12.2 Å². The minimum atomic E-state index is 0.442. The molecule has 5 heteroatoms. The van der Waals surface area contributed by atoms with Gasteiger partial charge in [0.15, 0.2) is 5.11 Å². The van der Waals surface area contributed by atoms with Gasteiger partial charge in [-0.1, -0.05) is 0 Å². The fourth-order valence-corrected chi connectivity index (χ4v) is 0.250. The molecule has 43 valence electrons. The van der Waals surface area contributed by atoms with Crippen LogP contribution in [0.2, 0.25) is 0 Å². The van der Waals surface area contributed by atoms with E-state index in [4.69, 9.17) is 0 Å². The number of hydrogen-bond acceptors (Lipinski definition) is 2. The summed E-state index contributed by atoms with van der Waals surface area (Å²) in [6.45, 7) is 0. The zero-order valence-corrected chi connectivity index (χ0v) is 5.29. The summed E-state index contributed by atoms with van der Waals surface area (Å²) in [5, 5.41) is 5.58. The minimum absolute atomic E-state index is 0.442. The van der Waals surface area contributed by atoms with Gasteiger partial charge in [-0.3, -0.25) is 0 Å². The van der Waals surface area contributed by atoms with Crippen molar-refractivity contribution < 1.29 is 4.79 Å². The normalized spacial score (nSPS) is 7.12. The van der Waals surface area contributed by atoms with E-state index in [0.29, 0.717) is 11.3 Å². The monoisotopic (exact) mass is 129 g/mol. The summed E-state index contributed by atoms with van der Waals surface area (Å²) in [5.74, 6) is 0. The van der Waals surface area contributed by atoms with Crippen LogP contribution in [0.15, 0.2) is 0 Å². The Labute approximate surface area is 54.1 Å². The minimum Gasteiger partial charge on any atom is -0.403 e. The lowest BCUT2D eigenvalue weighted by Crippen LogP contribution is -2.35. The average molecular weight is 129 g/mol. The summed E-state index contributed by atoms with van der Waals surface area (Å²) in [7, 11) is 2.90. The van der Waals surface area contributed by atoms with Crippen LogP contribution in [-0.4, -0.2) is 25.8 Å². The Morgan fingerprint density at radius 1 is 1.88 bits per heavy atom. The van der Waals surface area contributed by atoms with Gasteiger partial charge in [0.05, 0.1) is 0 Å². The molecule has 0 aliphatic heterocycles. The van der Waals surface area contributed by atoms with Gasteiger partial charge in [0.1, 0.15) is 6.19 Å². The molecule has 0 fully saturated rings. The van der Waals surface area contributed by atoms with Crippen molar-refractivity contribution in [2.45, 2.75) is 0 Å². The summed E-state index contributed by atoms with van der Waals surface area (Å²) in [5.41, 5.74) is 0. The molecule has 0 heterocycles. The summed E-state index contributed by atoms with van der Waals surface area (Å²) >= 11 is 4.61. The number of hydrogen-bond donors (Lipinski definition) is 2. The molecule has 0 amide bonds. The van der Waals surface area contributed by atoms with Gasteiger partial charge in [-0.25, -0.2) is 0 Å². The maximum Gasteiger partial charge on any atom is 0.328 e. The van der Waals surface area contributed by atoms with Crippen molar-refractivity contribution in [2.24, 2.45) is 0 Å². The van der Waals surface area contributed by atoms with Gasteiger partial charge in [0.2, 0.25) is 0 Å². The van der Waals surface area contributed by atoms with Crippen molar-refractivity contribution in [3.63, 3.8) is 0 Å². The largest absolute Gasteiger partial charge is 0.403 e. The van der Waals surface area contributed by atoms with Gasteiger partial charge >= 0.3 is 7.41 Å². The van der Waals surface area contributed by atoms with E-state index in [1.165, 1.54) is 7.41 Å². The summed E-state index contributed by atoms with van der Waals surface area (Å²) in [4.78, 5) is 9.62. The highest BCUT2D eigenvalue weighted by Crippen LogP contribution is 1.55. The van der Waals surface area contributed by atoms with Crippen molar-refractivity contribution in [3.8, 4) is 0 Å². The van der Waals surface area contributed by atoms with Gasteiger partial charge in [0, 0.05) is 7.05 Å². The van der Waals surface area contributed by atoms with E-state index >= 15 is 0 Å². The van der Waals surface area contributed by atoms with E-state index in [0.717, 1.165) is 0 Å². The molecule has 0 saturated carbocycles. The van der Waals surface area contributed by atoms with Crippen molar-refractivity contribution in [2.75, 3.05) is 7.05 Å². The molecule has 2 N–H and O–H groups in total. The third-order valence-electron chi connectivity index (χ3n) is 0.510. The fourth-order valence-electron chi connectivity index (χ4n) is 0.182. The molecule has 0 bridgehead atoms. The highest BCUT2D eigenvalue weighted by molar-refractivity contribution is 7.80. The van der Waals surface area contributed by atoms with E-state index in [1.807, 2.05) is 0 Å². The Morgan fingerprint density at radius 3 is 2.88 bits per heavy atom. The zero-order chi connectivity index (χ0) is 6.41. The van der Waals surface area contributed by atoms with Crippen LogP contribution in [0.3, 0.4) is 0 Å². The number of carbonyl (C=O) groups excluding carboxylic acids is 1. The molecule has 0 unspecified atom stereocenters. The molecule has 0 spiro atoms. The molecule has 0 aliphatic rings. The van der Waals surface area contributed by atoms with Crippen molar-refractivity contribution >= 4 is 30.9 Å². The van der Waals surface area contributed by atoms with E-state index < -0.39 is 0 Å². The average Bonchev–Trinajstić information content (AvgIpc) is 1.83. The van der Waals surface area contributed by atoms with Crippen LogP contribution in [0.25, 0.3) is 0 Å². The van der Waals surface area contributed by atoms with Gasteiger partial charge in [-0.2, -0.15) is 0 Å². The molecule has 0 aromatic carbocycles. The van der Waals surface area contributed by atoms with Crippen LogP contribution in [-0.2, 0) is 4.79 Å². The lowest BCUT2D eigenvalue weighted by atomic mass is 10.0. The second kappa shape index (κ2) is 4.58. The Kier molecular flexibility index (Phi) is 4.25. The second-order valence-corrected chi connectivity index (χ2v) is 1.43.